The summed E-state index contributed by atoms with van der Waals surface area (Å²) in [4.78, 5) is 3.32. The van der Waals surface area contributed by atoms with Crippen LogP contribution in [0.3, 0.4) is 0 Å². The number of H-pyrrole nitrogens is 1. The summed E-state index contributed by atoms with van der Waals surface area (Å²) < 4.78 is 5.28. The summed E-state index contributed by atoms with van der Waals surface area (Å²) in [5, 5.41) is 4.80. The Labute approximate surface area is 107 Å². The molecule has 1 saturated heterocycles. The first-order chi connectivity index (χ1) is 7.88. The van der Waals surface area contributed by atoms with Crippen molar-refractivity contribution in [3.8, 4) is 5.75 Å². The van der Waals surface area contributed by atoms with E-state index in [0.29, 0.717) is 6.04 Å². The number of rotatable bonds is 2. The van der Waals surface area contributed by atoms with Gasteiger partial charge in [0.05, 0.1) is 7.11 Å². The predicted molar refractivity (Wildman–Crippen MR) is 72.1 cm³/mol. The van der Waals surface area contributed by atoms with Gasteiger partial charge in [0.1, 0.15) is 5.75 Å². The van der Waals surface area contributed by atoms with Crippen LogP contribution in [0.1, 0.15) is 24.4 Å². The average Bonchev–Trinajstić information content (AvgIpc) is 2.96. The second-order valence-corrected chi connectivity index (χ2v) is 4.30. The number of nitrogens with one attached hydrogen (secondary N) is 2. The van der Waals surface area contributed by atoms with E-state index in [2.05, 4.69) is 28.6 Å². The summed E-state index contributed by atoms with van der Waals surface area (Å²) in [5.41, 5.74) is 2.55. The maximum Gasteiger partial charge on any atom is 0.119 e. The lowest BCUT2D eigenvalue weighted by Crippen LogP contribution is -2.12. The summed E-state index contributed by atoms with van der Waals surface area (Å²) >= 11 is 0. The van der Waals surface area contributed by atoms with Gasteiger partial charge in [0, 0.05) is 23.1 Å². The van der Waals surface area contributed by atoms with Crippen LogP contribution in [0.4, 0.5) is 0 Å². The Bertz CT molecular complexity index is 503. The van der Waals surface area contributed by atoms with Crippen molar-refractivity contribution in [1.29, 1.82) is 0 Å². The molecule has 0 saturated carbocycles. The van der Waals surface area contributed by atoms with E-state index in [1.54, 1.807) is 7.11 Å². The number of aromatic amines is 1. The summed E-state index contributed by atoms with van der Waals surface area (Å²) in [6.45, 7) is 1.13. The summed E-state index contributed by atoms with van der Waals surface area (Å²) in [6.07, 6.45) is 4.61. The lowest BCUT2D eigenvalue weighted by atomic mass is 10.0. The van der Waals surface area contributed by atoms with E-state index in [1.807, 2.05) is 6.07 Å². The van der Waals surface area contributed by atoms with Crippen molar-refractivity contribution in [3.05, 3.63) is 30.0 Å². The number of hydrogen-bond acceptors (Lipinski definition) is 2. The molecule has 1 aliphatic heterocycles. The van der Waals surface area contributed by atoms with Crippen molar-refractivity contribution in [1.82, 2.24) is 10.3 Å². The van der Waals surface area contributed by atoms with Crippen molar-refractivity contribution in [2.75, 3.05) is 13.7 Å². The van der Waals surface area contributed by atoms with Gasteiger partial charge in [-0.15, -0.1) is 12.4 Å². The van der Waals surface area contributed by atoms with Gasteiger partial charge >= 0.3 is 0 Å². The molecule has 0 aliphatic carbocycles. The third kappa shape index (κ3) is 2.13. The minimum absolute atomic E-state index is 0. The highest BCUT2D eigenvalue weighted by molar-refractivity contribution is 5.85. The SMILES string of the molecule is COc1ccc2[nH]cc([C@H]3CCCN3)c2c1.Cl. The fourth-order valence-electron chi connectivity index (χ4n) is 2.49. The average molecular weight is 253 g/mol. The van der Waals surface area contributed by atoms with Crippen molar-refractivity contribution < 1.29 is 4.74 Å². The first-order valence-electron chi connectivity index (χ1n) is 5.77. The number of fused-ring (bicyclic) bond motifs is 1. The Hall–Kier alpha value is -1.19. The summed E-state index contributed by atoms with van der Waals surface area (Å²) in [5.74, 6) is 0.923. The number of benzene rings is 1. The van der Waals surface area contributed by atoms with E-state index in [1.165, 1.54) is 29.3 Å². The standard InChI is InChI=1S/C13H16N2O.ClH/c1-16-9-4-5-13-10(7-9)11(8-15-13)12-3-2-6-14-12;/h4-5,7-8,12,14-15H,2-3,6H2,1H3;1H/t12-;/m1./s1. The largest absolute Gasteiger partial charge is 0.497 e. The molecule has 0 spiro atoms. The number of ether oxygens (including phenoxy) is 1. The Kier molecular flexibility index (Phi) is 3.60. The Morgan fingerprint density at radius 2 is 2.24 bits per heavy atom. The van der Waals surface area contributed by atoms with Gasteiger partial charge in [-0.3, -0.25) is 0 Å². The van der Waals surface area contributed by atoms with E-state index < -0.39 is 0 Å². The summed E-state index contributed by atoms with van der Waals surface area (Å²) in [7, 11) is 1.71. The van der Waals surface area contributed by atoms with Crippen LogP contribution in [0, 0.1) is 0 Å². The quantitative estimate of drug-likeness (QED) is 0.862. The normalized spacial score (nSPS) is 19.2. The monoisotopic (exact) mass is 252 g/mol. The third-order valence-corrected chi connectivity index (χ3v) is 3.36. The molecule has 92 valence electrons. The van der Waals surface area contributed by atoms with Crippen molar-refractivity contribution in [2.45, 2.75) is 18.9 Å². The van der Waals surface area contributed by atoms with Gasteiger partial charge in [-0.1, -0.05) is 0 Å². The molecule has 1 aliphatic rings. The Morgan fingerprint density at radius 3 is 2.94 bits per heavy atom. The molecule has 0 radical (unpaired) electrons. The second-order valence-electron chi connectivity index (χ2n) is 4.30. The molecule has 2 heterocycles. The van der Waals surface area contributed by atoms with Crippen LogP contribution in [0.5, 0.6) is 5.75 Å². The zero-order valence-electron chi connectivity index (χ0n) is 9.82. The van der Waals surface area contributed by atoms with Crippen LogP contribution in [0.2, 0.25) is 0 Å². The van der Waals surface area contributed by atoms with Crippen molar-refractivity contribution >= 4 is 23.3 Å². The highest BCUT2D eigenvalue weighted by atomic mass is 35.5. The molecule has 0 bridgehead atoms. The highest BCUT2D eigenvalue weighted by Gasteiger charge is 2.19. The molecule has 2 N–H and O–H groups in total. The van der Waals surface area contributed by atoms with Crippen LogP contribution in [0.15, 0.2) is 24.4 Å². The molecule has 4 heteroatoms. The van der Waals surface area contributed by atoms with Gasteiger partial charge in [-0.25, -0.2) is 0 Å². The van der Waals surface area contributed by atoms with Crippen LogP contribution in [-0.4, -0.2) is 18.6 Å². The second kappa shape index (κ2) is 4.98. The van der Waals surface area contributed by atoms with Gasteiger partial charge in [0.25, 0.3) is 0 Å². The fourth-order valence-corrected chi connectivity index (χ4v) is 2.49. The van der Waals surface area contributed by atoms with Crippen LogP contribution in [-0.2, 0) is 0 Å². The first-order valence-corrected chi connectivity index (χ1v) is 5.77. The van der Waals surface area contributed by atoms with Crippen LogP contribution in [0.25, 0.3) is 10.9 Å². The van der Waals surface area contributed by atoms with E-state index in [-0.39, 0.29) is 12.4 Å². The predicted octanol–water partition coefficient (Wildman–Crippen LogP) is 3.02. The maximum absolute atomic E-state index is 5.28. The first kappa shape index (κ1) is 12.3. The molecule has 1 aromatic carbocycles. The van der Waals surface area contributed by atoms with Gasteiger partial charge in [0.2, 0.25) is 0 Å². The third-order valence-electron chi connectivity index (χ3n) is 3.36. The van der Waals surface area contributed by atoms with Gasteiger partial charge in [-0.2, -0.15) is 0 Å². The van der Waals surface area contributed by atoms with E-state index in [4.69, 9.17) is 4.74 Å². The smallest absolute Gasteiger partial charge is 0.119 e. The number of aromatic nitrogens is 1. The lowest BCUT2D eigenvalue weighted by Gasteiger charge is -2.09. The van der Waals surface area contributed by atoms with Crippen LogP contribution >= 0.6 is 12.4 Å². The zero-order valence-corrected chi connectivity index (χ0v) is 10.6. The highest BCUT2D eigenvalue weighted by Crippen LogP contribution is 2.31. The number of halogens is 1. The molecule has 1 aromatic heterocycles. The molecule has 17 heavy (non-hydrogen) atoms. The maximum atomic E-state index is 5.28. The molecule has 1 fully saturated rings. The van der Waals surface area contributed by atoms with Crippen molar-refractivity contribution in [3.63, 3.8) is 0 Å². The van der Waals surface area contributed by atoms with E-state index in [0.717, 1.165) is 12.3 Å². The van der Waals surface area contributed by atoms with Gasteiger partial charge in [0.15, 0.2) is 0 Å². The van der Waals surface area contributed by atoms with E-state index >= 15 is 0 Å². The summed E-state index contributed by atoms with van der Waals surface area (Å²) in [6, 6.07) is 6.68. The zero-order chi connectivity index (χ0) is 11.0. The topological polar surface area (TPSA) is 37.0 Å². The molecular weight excluding hydrogens is 236 g/mol. The molecule has 0 amide bonds. The minimum atomic E-state index is 0. The van der Waals surface area contributed by atoms with Crippen molar-refractivity contribution in [2.24, 2.45) is 0 Å². The van der Waals surface area contributed by atoms with E-state index in [9.17, 15) is 0 Å². The number of methoxy groups -OCH3 is 1. The molecule has 0 unspecified atom stereocenters. The molecule has 3 rings (SSSR count). The fraction of sp³-hybridized carbons (Fsp3) is 0.385. The molecular formula is C13H17ClN2O. The Morgan fingerprint density at radius 1 is 1.35 bits per heavy atom. The van der Waals surface area contributed by atoms with Gasteiger partial charge < -0.3 is 15.0 Å². The lowest BCUT2D eigenvalue weighted by molar-refractivity contribution is 0.415. The molecule has 3 nitrogen and oxygen atoms in total. The Balaban J connectivity index is 0.00000108. The molecule has 1 atom stereocenters. The van der Waals surface area contributed by atoms with Crippen LogP contribution < -0.4 is 10.1 Å². The van der Waals surface area contributed by atoms with Gasteiger partial charge in [-0.05, 0) is 43.1 Å². The number of hydrogen-bond donors (Lipinski definition) is 2. The minimum Gasteiger partial charge on any atom is -0.497 e. The molecule has 2 aromatic rings.